The van der Waals surface area contributed by atoms with Crippen molar-refractivity contribution in [3.8, 4) is 0 Å². The van der Waals surface area contributed by atoms with Crippen LogP contribution >= 0.6 is 0 Å². The largest absolute Gasteiger partial charge is 0.352 e. The number of aromatic nitrogens is 1. The number of guanidine groups is 1. The lowest BCUT2D eigenvalue weighted by molar-refractivity contribution is 0.221. The standard InChI is InChI=1S/C22H31N5/c1-18-7-6-12-24-21(18)16-26-22(23-2)25-15-19-8-10-20(11-9-19)17-27-13-4-3-5-14-27/h6-12H,3-5,13-17H2,1-2H3,(H2,23,25,26). The number of nitrogens with zero attached hydrogens (tertiary/aromatic N) is 3. The number of pyridine rings is 1. The molecule has 0 atom stereocenters. The number of aliphatic imine (C=N–C) groups is 1. The summed E-state index contributed by atoms with van der Waals surface area (Å²) in [5.74, 6) is 0.789. The van der Waals surface area contributed by atoms with Gasteiger partial charge in [-0.2, -0.15) is 0 Å². The van der Waals surface area contributed by atoms with Gasteiger partial charge in [-0.05, 0) is 55.6 Å². The van der Waals surface area contributed by atoms with Gasteiger partial charge >= 0.3 is 0 Å². The van der Waals surface area contributed by atoms with E-state index in [-0.39, 0.29) is 0 Å². The van der Waals surface area contributed by atoms with Crippen molar-refractivity contribution in [2.75, 3.05) is 20.1 Å². The fourth-order valence-electron chi connectivity index (χ4n) is 3.42. The molecule has 3 rings (SSSR count). The van der Waals surface area contributed by atoms with Crippen LogP contribution in [0.25, 0.3) is 0 Å². The summed E-state index contributed by atoms with van der Waals surface area (Å²) in [7, 11) is 1.79. The lowest BCUT2D eigenvalue weighted by atomic mass is 10.1. The number of nitrogens with one attached hydrogen (secondary N) is 2. The first-order valence-corrected chi connectivity index (χ1v) is 9.90. The van der Waals surface area contributed by atoms with E-state index >= 15 is 0 Å². The fourth-order valence-corrected chi connectivity index (χ4v) is 3.42. The van der Waals surface area contributed by atoms with Crippen LogP contribution in [0.1, 0.15) is 41.6 Å². The summed E-state index contributed by atoms with van der Waals surface area (Å²) in [6.45, 7) is 7.04. The fraction of sp³-hybridized carbons (Fsp3) is 0.455. The van der Waals surface area contributed by atoms with E-state index in [0.29, 0.717) is 6.54 Å². The summed E-state index contributed by atoms with van der Waals surface area (Å²) in [4.78, 5) is 11.3. The Balaban J connectivity index is 1.46. The number of hydrogen-bond acceptors (Lipinski definition) is 3. The second-order valence-corrected chi connectivity index (χ2v) is 7.20. The van der Waals surface area contributed by atoms with E-state index in [2.05, 4.69) is 62.8 Å². The molecule has 0 radical (unpaired) electrons. The van der Waals surface area contributed by atoms with E-state index < -0.39 is 0 Å². The van der Waals surface area contributed by atoms with Crippen LogP contribution in [0.5, 0.6) is 0 Å². The van der Waals surface area contributed by atoms with E-state index in [9.17, 15) is 0 Å². The average Bonchev–Trinajstić information content (AvgIpc) is 2.71. The van der Waals surface area contributed by atoms with Crippen molar-refractivity contribution < 1.29 is 0 Å². The number of piperidine rings is 1. The summed E-state index contributed by atoms with van der Waals surface area (Å²) in [5, 5.41) is 6.71. The minimum Gasteiger partial charge on any atom is -0.352 e. The molecule has 0 bridgehead atoms. The molecule has 27 heavy (non-hydrogen) atoms. The molecule has 1 aliphatic heterocycles. The highest BCUT2D eigenvalue weighted by molar-refractivity contribution is 5.79. The Hall–Kier alpha value is -2.40. The molecule has 0 unspecified atom stereocenters. The molecule has 0 spiro atoms. The van der Waals surface area contributed by atoms with Crippen molar-refractivity contribution in [2.24, 2.45) is 4.99 Å². The average molecular weight is 366 g/mol. The monoisotopic (exact) mass is 365 g/mol. The molecule has 0 saturated carbocycles. The lowest BCUT2D eigenvalue weighted by Gasteiger charge is -2.26. The highest BCUT2D eigenvalue weighted by Crippen LogP contribution is 2.13. The third-order valence-electron chi connectivity index (χ3n) is 5.10. The molecule has 144 valence electrons. The van der Waals surface area contributed by atoms with Crippen molar-refractivity contribution in [2.45, 2.75) is 45.8 Å². The Kier molecular flexibility index (Phi) is 7.22. The zero-order valence-electron chi connectivity index (χ0n) is 16.5. The second-order valence-electron chi connectivity index (χ2n) is 7.20. The SMILES string of the molecule is CN=C(NCc1ccc(CN2CCCCC2)cc1)NCc1ncccc1C. The Morgan fingerprint density at radius 2 is 1.70 bits per heavy atom. The Morgan fingerprint density at radius 1 is 1.00 bits per heavy atom. The molecule has 0 aliphatic carbocycles. The van der Waals surface area contributed by atoms with E-state index in [1.54, 1.807) is 7.05 Å². The number of rotatable bonds is 6. The predicted octanol–water partition coefficient (Wildman–Crippen LogP) is 3.24. The predicted molar refractivity (Wildman–Crippen MR) is 112 cm³/mol. The molecule has 2 aromatic rings. The summed E-state index contributed by atoms with van der Waals surface area (Å²) in [5.41, 5.74) is 4.88. The zero-order valence-corrected chi connectivity index (χ0v) is 16.5. The van der Waals surface area contributed by atoms with Crippen LogP contribution < -0.4 is 10.6 Å². The minimum atomic E-state index is 0.668. The third-order valence-corrected chi connectivity index (χ3v) is 5.10. The maximum Gasteiger partial charge on any atom is 0.191 e. The molecule has 5 nitrogen and oxygen atoms in total. The molecule has 1 aromatic carbocycles. The van der Waals surface area contributed by atoms with Gasteiger partial charge < -0.3 is 10.6 Å². The van der Waals surface area contributed by atoms with Gasteiger partial charge in [0.15, 0.2) is 5.96 Å². The summed E-state index contributed by atoms with van der Waals surface area (Å²) in [6.07, 6.45) is 5.89. The van der Waals surface area contributed by atoms with E-state index in [0.717, 1.165) is 24.7 Å². The normalized spacial score (nSPS) is 15.6. The van der Waals surface area contributed by atoms with Crippen LogP contribution in [0.15, 0.2) is 47.6 Å². The first-order chi connectivity index (χ1) is 13.2. The van der Waals surface area contributed by atoms with Gasteiger partial charge in [0.2, 0.25) is 0 Å². The van der Waals surface area contributed by atoms with E-state index in [4.69, 9.17) is 0 Å². The van der Waals surface area contributed by atoms with Gasteiger partial charge in [-0.25, -0.2) is 0 Å². The van der Waals surface area contributed by atoms with Crippen molar-refractivity contribution in [1.82, 2.24) is 20.5 Å². The topological polar surface area (TPSA) is 52.6 Å². The molecule has 1 fully saturated rings. The van der Waals surface area contributed by atoms with Crippen molar-refractivity contribution in [1.29, 1.82) is 0 Å². The van der Waals surface area contributed by atoms with E-state index in [1.165, 1.54) is 49.0 Å². The van der Waals surface area contributed by atoms with Crippen LogP contribution in [-0.4, -0.2) is 36.0 Å². The van der Waals surface area contributed by atoms with Gasteiger partial charge in [-0.3, -0.25) is 14.9 Å². The molecule has 5 heteroatoms. The van der Waals surface area contributed by atoms with Gasteiger partial charge in [-0.15, -0.1) is 0 Å². The van der Waals surface area contributed by atoms with Gasteiger partial charge in [0, 0.05) is 26.3 Å². The van der Waals surface area contributed by atoms with Crippen LogP contribution in [0.4, 0.5) is 0 Å². The molecule has 1 saturated heterocycles. The van der Waals surface area contributed by atoms with Crippen LogP contribution in [-0.2, 0) is 19.6 Å². The number of aryl methyl sites for hydroxylation is 1. The quantitative estimate of drug-likeness (QED) is 0.609. The van der Waals surface area contributed by atoms with Gasteiger partial charge in [0.05, 0.1) is 12.2 Å². The maximum absolute atomic E-state index is 4.41. The summed E-state index contributed by atoms with van der Waals surface area (Å²) >= 11 is 0. The summed E-state index contributed by atoms with van der Waals surface area (Å²) in [6, 6.07) is 13.0. The molecular weight excluding hydrogens is 334 g/mol. The van der Waals surface area contributed by atoms with Crippen LogP contribution in [0.3, 0.4) is 0 Å². The van der Waals surface area contributed by atoms with Crippen molar-refractivity contribution >= 4 is 5.96 Å². The molecular formula is C22H31N5. The van der Waals surface area contributed by atoms with Gasteiger partial charge in [-0.1, -0.05) is 36.8 Å². The number of hydrogen-bond donors (Lipinski definition) is 2. The highest BCUT2D eigenvalue weighted by atomic mass is 15.2. The van der Waals surface area contributed by atoms with E-state index in [1.807, 2.05) is 12.3 Å². The number of likely N-dealkylation sites (tertiary alicyclic amines) is 1. The Labute approximate surface area is 162 Å². The second kappa shape index (κ2) is 10.1. The zero-order chi connectivity index (χ0) is 18.9. The first-order valence-electron chi connectivity index (χ1n) is 9.90. The molecule has 2 N–H and O–H groups in total. The number of benzene rings is 1. The molecule has 1 aliphatic rings. The smallest absolute Gasteiger partial charge is 0.191 e. The minimum absolute atomic E-state index is 0.668. The van der Waals surface area contributed by atoms with Gasteiger partial charge in [0.25, 0.3) is 0 Å². The lowest BCUT2D eigenvalue weighted by Crippen LogP contribution is -2.36. The Morgan fingerprint density at radius 3 is 2.41 bits per heavy atom. The van der Waals surface area contributed by atoms with Crippen LogP contribution in [0, 0.1) is 6.92 Å². The highest BCUT2D eigenvalue weighted by Gasteiger charge is 2.10. The molecule has 2 heterocycles. The molecule has 1 aromatic heterocycles. The van der Waals surface area contributed by atoms with Crippen molar-refractivity contribution in [3.63, 3.8) is 0 Å². The molecule has 0 amide bonds. The third kappa shape index (κ3) is 6.07. The first kappa shape index (κ1) is 19.4. The van der Waals surface area contributed by atoms with Gasteiger partial charge in [0.1, 0.15) is 0 Å². The summed E-state index contributed by atoms with van der Waals surface area (Å²) < 4.78 is 0. The van der Waals surface area contributed by atoms with Crippen molar-refractivity contribution in [3.05, 3.63) is 65.0 Å². The Bertz CT molecular complexity index is 733. The maximum atomic E-state index is 4.41. The van der Waals surface area contributed by atoms with Crippen LogP contribution in [0.2, 0.25) is 0 Å².